The lowest BCUT2D eigenvalue weighted by atomic mass is 9.76. The Kier molecular flexibility index (Phi) is 14.0. The van der Waals surface area contributed by atoms with Gasteiger partial charge in [0.25, 0.3) is 0 Å². The average Bonchev–Trinajstić information content (AvgIpc) is 3.36. The number of rotatable bonds is 4. The zero-order chi connectivity index (χ0) is 31.8. The van der Waals surface area contributed by atoms with Crippen molar-refractivity contribution >= 4 is 90.1 Å². The van der Waals surface area contributed by atoms with Crippen molar-refractivity contribution in [1.29, 1.82) is 0 Å². The van der Waals surface area contributed by atoms with Crippen LogP contribution in [-0.2, 0) is 30.0 Å². The molecule has 2 aromatic carbocycles. The predicted octanol–water partition coefficient (Wildman–Crippen LogP) is 4.65. The van der Waals surface area contributed by atoms with Crippen LogP contribution < -0.4 is 9.80 Å². The first kappa shape index (κ1) is 37.4. The topological polar surface area (TPSA) is 115 Å². The molecule has 2 spiro atoms. The molecule has 4 aliphatic rings. The first-order valence-corrected chi connectivity index (χ1v) is 16.6. The lowest BCUT2D eigenvalue weighted by Gasteiger charge is -2.32. The number of carbonyl (C=O) groups excluding carboxylic acids is 2. The molecule has 44 heavy (non-hydrogen) atoms. The highest BCUT2D eigenvalue weighted by molar-refractivity contribution is 9.10. The van der Waals surface area contributed by atoms with Crippen LogP contribution in [0.2, 0.25) is 0 Å². The maximum atomic E-state index is 12.8. The number of hydrogen-bond donors (Lipinski definition) is 2. The molecule has 4 radical (unpaired) electrons. The summed E-state index contributed by atoms with van der Waals surface area (Å²) in [5.41, 5.74) is 2.55. The Morgan fingerprint density at radius 3 is 1.64 bits per heavy atom. The third-order valence-corrected chi connectivity index (χ3v) is 10.5. The number of aliphatic carboxylic acids is 2. The van der Waals surface area contributed by atoms with Gasteiger partial charge in [0.15, 0.2) is 0 Å². The number of carboxylic acids is 2. The van der Waals surface area contributed by atoms with Crippen molar-refractivity contribution in [1.82, 2.24) is 0 Å². The van der Waals surface area contributed by atoms with E-state index in [9.17, 15) is 19.2 Å². The van der Waals surface area contributed by atoms with Gasteiger partial charge in [0.05, 0.1) is 10.8 Å². The van der Waals surface area contributed by atoms with Gasteiger partial charge in [-0.3, -0.25) is 19.2 Å². The molecule has 0 atom stereocenters. The molecule has 4 aliphatic heterocycles. The van der Waals surface area contributed by atoms with Crippen molar-refractivity contribution in [3.8, 4) is 12.8 Å². The molecule has 4 heterocycles. The standard InChI is InChI=1S/C14H14BrNO3S.C14H15NO3S.C2H2.CH4.B2/c15-9-1-2-11-10(7-9)14(3-5-20-6-4-14)13(19)16(11)8-12(17)18;16-12(17)9-15-11-4-2-1-3-10(11)14(13(15)18)5-7-19-8-6-14;1-2;;1-2/h1-2,7H,3-6,8H2,(H,17,18);1-4H,5-9H2,(H,16,17);1-2H;1H4;. The Labute approximate surface area is 279 Å². The molecule has 2 N–H and O–H groups in total. The summed E-state index contributed by atoms with van der Waals surface area (Å²) in [4.78, 5) is 50.4. The minimum atomic E-state index is -0.977. The van der Waals surface area contributed by atoms with E-state index in [0.29, 0.717) is 0 Å². The van der Waals surface area contributed by atoms with E-state index in [0.717, 1.165) is 75.7 Å². The largest absolute Gasteiger partial charge is 0.480 e. The molecule has 0 bridgehead atoms. The molecule has 2 amide bonds. The molecule has 0 unspecified atom stereocenters. The zero-order valence-electron chi connectivity index (χ0n) is 23.5. The number of carboxylic acid groups (broad SMARTS) is 2. The number of anilines is 2. The number of terminal acetylenes is 1. The van der Waals surface area contributed by atoms with Gasteiger partial charge in [-0.05, 0) is 84.1 Å². The summed E-state index contributed by atoms with van der Waals surface area (Å²) in [5.74, 6) is 1.78. The SMILES string of the molecule is C.C#C.O=C(O)CN1C(=O)C2(CCSCC2)c2cc(Br)ccc21.O=C(O)CN1C(=O)C2(CCSCC2)c2ccccc21.[B][B]. The molecule has 2 aromatic rings. The molecule has 0 aliphatic carbocycles. The van der Waals surface area contributed by atoms with Crippen molar-refractivity contribution in [2.75, 3.05) is 45.9 Å². The third-order valence-electron chi connectivity index (χ3n) is 8.06. The van der Waals surface area contributed by atoms with Gasteiger partial charge in [0.1, 0.15) is 13.1 Å². The van der Waals surface area contributed by atoms with Gasteiger partial charge in [-0.25, -0.2) is 0 Å². The van der Waals surface area contributed by atoms with E-state index in [-0.39, 0.29) is 32.3 Å². The van der Waals surface area contributed by atoms with Crippen LogP contribution in [0.3, 0.4) is 0 Å². The summed E-state index contributed by atoms with van der Waals surface area (Å²) in [7, 11) is 8.00. The van der Waals surface area contributed by atoms with Gasteiger partial charge >= 0.3 is 11.9 Å². The van der Waals surface area contributed by atoms with Crippen LogP contribution in [-0.4, -0.2) is 85.5 Å². The lowest BCUT2D eigenvalue weighted by Crippen LogP contribution is -2.44. The first-order chi connectivity index (χ1) is 20.7. The monoisotopic (exact) mass is 696 g/mol. The fourth-order valence-electron chi connectivity index (χ4n) is 6.20. The normalized spacial score (nSPS) is 18.2. The summed E-state index contributed by atoms with van der Waals surface area (Å²) in [5, 5.41) is 18.1. The molecule has 13 heteroatoms. The minimum Gasteiger partial charge on any atom is -0.480 e. The number of carbonyl (C=O) groups is 4. The second kappa shape index (κ2) is 16.5. The maximum absolute atomic E-state index is 12.8. The Bertz CT molecular complexity index is 1380. The van der Waals surface area contributed by atoms with Crippen LogP contribution in [0, 0.1) is 12.8 Å². The average molecular weight is 697 g/mol. The van der Waals surface area contributed by atoms with E-state index in [1.165, 1.54) is 9.80 Å². The van der Waals surface area contributed by atoms with Crippen LogP contribution in [0.5, 0.6) is 0 Å². The molecule has 0 aromatic heterocycles. The number of nitrogens with zero attached hydrogens (tertiary/aromatic N) is 2. The Morgan fingerprint density at radius 1 is 0.773 bits per heavy atom. The zero-order valence-corrected chi connectivity index (χ0v) is 26.8. The number of halogens is 1. The van der Waals surface area contributed by atoms with Gasteiger partial charge in [0, 0.05) is 31.3 Å². The molecular formula is C31H35B2BrN2O6S2. The van der Waals surface area contributed by atoms with Gasteiger partial charge in [-0.15, -0.1) is 12.8 Å². The summed E-state index contributed by atoms with van der Waals surface area (Å²) in [6, 6.07) is 13.3. The number of thioether (sulfide) groups is 2. The van der Waals surface area contributed by atoms with E-state index in [1.807, 2.05) is 66.0 Å². The molecular weight excluding hydrogens is 662 g/mol. The molecule has 6 rings (SSSR count). The second-order valence-electron chi connectivity index (χ2n) is 10.1. The van der Waals surface area contributed by atoms with Gasteiger partial charge in [-0.2, -0.15) is 23.5 Å². The van der Waals surface area contributed by atoms with Crippen molar-refractivity contribution in [3.05, 3.63) is 58.1 Å². The van der Waals surface area contributed by atoms with Crippen LogP contribution in [0.15, 0.2) is 46.9 Å². The summed E-state index contributed by atoms with van der Waals surface area (Å²) in [6.45, 7) is -0.507. The van der Waals surface area contributed by atoms with Crippen molar-refractivity contribution < 1.29 is 29.4 Å². The van der Waals surface area contributed by atoms with E-state index in [2.05, 4.69) is 44.3 Å². The number of hydrogen-bond acceptors (Lipinski definition) is 6. The highest BCUT2D eigenvalue weighted by atomic mass is 79.9. The van der Waals surface area contributed by atoms with Crippen LogP contribution in [0.25, 0.3) is 0 Å². The smallest absolute Gasteiger partial charge is 0.323 e. The third kappa shape index (κ3) is 7.19. The lowest BCUT2D eigenvalue weighted by molar-refractivity contribution is -0.137. The Balaban J connectivity index is 0.000000271. The predicted molar refractivity (Wildman–Crippen MR) is 185 cm³/mol. The van der Waals surface area contributed by atoms with Gasteiger partial charge < -0.3 is 20.0 Å². The first-order valence-electron chi connectivity index (χ1n) is 13.5. The number of para-hydroxylation sites is 1. The van der Waals surface area contributed by atoms with Crippen molar-refractivity contribution in [2.24, 2.45) is 0 Å². The van der Waals surface area contributed by atoms with E-state index in [4.69, 9.17) is 10.2 Å². The molecule has 2 fully saturated rings. The fourth-order valence-corrected chi connectivity index (χ4v) is 8.94. The van der Waals surface area contributed by atoms with E-state index < -0.39 is 22.8 Å². The highest BCUT2D eigenvalue weighted by Gasteiger charge is 2.52. The number of amides is 2. The quantitative estimate of drug-likeness (QED) is 0.351. The van der Waals surface area contributed by atoms with Crippen LogP contribution in [0.1, 0.15) is 44.2 Å². The van der Waals surface area contributed by atoms with E-state index in [1.54, 1.807) is 0 Å². The molecule has 230 valence electrons. The fraction of sp³-hybridized carbons (Fsp3) is 0.419. The molecule has 0 saturated carbocycles. The second-order valence-corrected chi connectivity index (χ2v) is 13.5. The van der Waals surface area contributed by atoms with Gasteiger partial charge in [-0.1, -0.05) is 41.6 Å². The number of fused-ring (bicyclic) bond motifs is 4. The maximum Gasteiger partial charge on any atom is 0.323 e. The van der Waals surface area contributed by atoms with Crippen LogP contribution >= 0.6 is 39.5 Å². The number of benzene rings is 2. The van der Waals surface area contributed by atoms with E-state index >= 15 is 0 Å². The Hall–Kier alpha value is -2.81. The summed E-state index contributed by atoms with van der Waals surface area (Å²) < 4.78 is 0.929. The minimum absolute atomic E-state index is 0. The Morgan fingerprint density at radius 2 is 1.18 bits per heavy atom. The molecule has 2 saturated heterocycles. The van der Waals surface area contributed by atoms with Gasteiger partial charge in [0.2, 0.25) is 11.8 Å². The van der Waals surface area contributed by atoms with Crippen LogP contribution in [0.4, 0.5) is 11.4 Å². The summed E-state index contributed by atoms with van der Waals surface area (Å²) >= 11 is 7.17. The van der Waals surface area contributed by atoms with Crippen molar-refractivity contribution in [2.45, 2.75) is 43.9 Å². The molecule has 8 nitrogen and oxygen atoms in total. The van der Waals surface area contributed by atoms with Crippen molar-refractivity contribution in [3.63, 3.8) is 0 Å². The summed E-state index contributed by atoms with van der Waals surface area (Å²) in [6.07, 6.45) is 11.2. The highest BCUT2D eigenvalue weighted by Crippen LogP contribution is 2.50.